The number of nitrogens with zero attached hydrogens (tertiary/aromatic N) is 1. The van der Waals surface area contributed by atoms with Gasteiger partial charge in [0.1, 0.15) is 0 Å². The van der Waals surface area contributed by atoms with Crippen LogP contribution in [0.3, 0.4) is 0 Å². The van der Waals surface area contributed by atoms with Gasteiger partial charge in [0.15, 0.2) is 0 Å². The molecule has 0 aromatic carbocycles. The number of hydrogen-bond acceptors (Lipinski definition) is 2. The van der Waals surface area contributed by atoms with Crippen LogP contribution in [-0.2, 0) is 4.79 Å². The molecule has 0 saturated heterocycles. The lowest BCUT2D eigenvalue weighted by molar-refractivity contribution is -0.132. The fourth-order valence-corrected chi connectivity index (χ4v) is 1.01. The Morgan fingerprint density at radius 1 is 1.40 bits per heavy atom. The van der Waals surface area contributed by atoms with Crippen molar-refractivity contribution >= 4 is 11.5 Å². The van der Waals surface area contributed by atoms with Crippen molar-refractivity contribution in [3.63, 3.8) is 0 Å². The number of aliphatic carboxylic acids is 1. The molecule has 0 aliphatic heterocycles. The predicted octanol–water partition coefficient (Wildman–Crippen LogP) is 2.52. The van der Waals surface area contributed by atoms with Gasteiger partial charge in [-0.15, -0.1) is 0 Å². The average molecular weight is 203 g/mol. The minimum absolute atomic E-state index is 0.318. The maximum Gasteiger partial charge on any atom is 0.331 e. The summed E-state index contributed by atoms with van der Waals surface area (Å²) in [5, 5.41) is 8.66. The summed E-state index contributed by atoms with van der Waals surface area (Å²) in [6.07, 6.45) is 6.82. The lowest BCUT2D eigenvalue weighted by Crippen LogP contribution is -1.94. The van der Waals surface area contributed by atoms with E-state index >= 15 is 0 Å². The Labute approximate surface area is 88.8 Å². The molecular weight excluding hydrogens is 190 g/mol. The summed E-state index contributed by atoms with van der Waals surface area (Å²) in [6, 6.07) is 3.78. The second-order valence-corrected chi connectivity index (χ2v) is 3.25. The second kappa shape index (κ2) is 5.10. The van der Waals surface area contributed by atoms with E-state index in [0.717, 1.165) is 11.1 Å². The van der Waals surface area contributed by atoms with Crippen LogP contribution in [0.2, 0.25) is 0 Å². The van der Waals surface area contributed by atoms with E-state index in [2.05, 4.69) is 4.98 Å². The maximum absolute atomic E-state index is 10.5. The highest BCUT2D eigenvalue weighted by molar-refractivity contribution is 5.86. The lowest BCUT2D eigenvalue weighted by Gasteiger charge is -1.98. The zero-order valence-corrected chi connectivity index (χ0v) is 8.77. The lowest BCUT2D eigenvalue weighted by atomic mass is 10.1. The minimum Gasteiger partial charge on any atom is -0.478 e. The minimum atomic E-state index is -0.898. The molecule has 0 aliphatic rings. The summed E-state index contributed by atoms with van der Waals surface area (Å²) >= 11 is 0. The van der Waals surface area contributed by atoms with Gasteiger partial charge in [0.25, 0.3) is 0 Å². The predicted molar refractivity (Wildman–Crippen MR) is 59.3 cm³/mol. The number of aromatic nitrogens is 1. The molecule has 0 fully saturated rings. The summed E-state index contributed by atoms with van der Waals surface area (Å²) in [5.41, 5.74) is 2.30. The van der Waals surface area contributed by atoms with E-state index in [0.29, 0.717) is 5.57 Å². The van der Waals surface area contributed by atoms with Gasteiger partial charge in [0.05, 0.1) is 0 Å². The van der Waals surface area contributed by atoms with E-state index in [-0.39, 0.29) is 0 Å². The van der Waals surface area contributed by atoms with Crippen LogP contribution in [-0.4, -0.2) is 16.1 Å². The highest BCUT2D eigenvalue weighted by Gasteiger charge is 1.97. The van der Waals surface area contributed by atoms with Gasteiger partial charge in [0, 0.05) is 18.0 Å². The molecular formula is C12H13NO2. The molecule has 0 unspecified atom stereocenters. The average Bonchev–Trinajstić information content (AvgIpc) is 2.26. The topological polar surface area (TPSA) is 50.2 Å². The molecule has 0 bridgehead atoms. The van der Waals surface area contributed by atoms with Crippen molar-refractivity contribution in [3.8, 4) is 0 Å². The third-order valence-corrected chi connectivity index (χ3v) is 2.04. The number of allylic oxidation sites excluding steroid dienone is 3. The summed E-state index contributed by atoms with van der Waals surface area (Å²) in [6.45, 7) is 3.48. The van der Waals surface area contributed by atoms with E-state index in [9.17, 15) is 4.79 Å². The van der Waals surface area contributed by atoms with Gasteiger partial charge in [-0.2, -0.15) is 0 Å². The van der Waals surface area contributed by atoms with E-state index < -0.39 is 5.97 Å². The number of carbonyl (C=O) groups is 1. The molecule has 1 rings (SSSR count). The van der Waals surface area contributed by atoms with Gasteiger partial charge >= 0.3 is 5.97 Å². The number of carboxylic acids is 1. The van der Waals surface area contributed by atoms with Gasteiger partial charge in [-0.1, -0.05) is 18.2 Å². The standard InChI is InChI=1S/C12H13NO2/c1-9(5-6-10(2)12(14)15)11-4-3-7-13-8-11/h3-8H,1-2H3,(H,14,15)/b9-5+,10-6+. The fraction of sp³-hybridized carbons (Fsp3) is 0.167. The van der Waals surface area contributed by atoms with Gasteiger partial charge < -0.3 is 5.11 Å². The van der Waals surface area contributed by atoms with Crippen LogP contribution >= 0.6 is 0 Å². The molecule has 15 heavy (non-hydrogen) atoms. The number of hydrogen-bond donors (Lipinski definition) is 1. The van der Waals surface area contributed by atoms with Crippen LogP contribution in [0.4, 0.5) is 0 Å². The molecule has 0 aliphatic carbocycles. The zero-order valence-electron chi connectivity index (χ0n) is 8.77. The van der Waals surface area contributed by atoms with Crippen LogP contribution in [0, 0.1) is 0 Å². The summed E-state index contributed by atoms with van der Waals surface area (Å²) < 4.78 is 0. The van der Waals surface area contributed by atoms with E-state index in [1.165, 1.54) is 0 Å². The van der Waals surface area contributed by atoms with Crippen LogP contribution in [0.1, 0.15) is 19.4 Å². The van der Waals surface area contributed by atoms with Crippen molar-refractivity contribution in [2.45, 2.75) is 13.8 Å². The van der Waals surface area contributed by atoms with Crippen molar-refractivity contribution in [2.24, 2.45) is 0 Å². The van der Waals surface area contributed by atoms with Crippen LogP contribution in [0.5, 0.6) is 0 Å². The normalized spacial score (nSPS) is 12.7. The Bertz CT molecular complexity index is 405. The Hall–Kier alpha value is -1.90. The molecule has 1 aromatic rings. The van der Waals surface area contributed by atoms with Gasteiger partial charge in [0.2, 0.25) is 0 Å². The van der Waals surface area contributed by atoms with Crippen molar-refractivity contribution in [1.82, 2.24) is 4.98 Å². The zero-order chi connectivity index (χ0) is 11.3. The van der Waals surface area contributed by atoms with Gasteiger partial charge in [-0.3, -0.25) is 4.98 Å². The molecule has 0 atom stereocenters. The van der Waals surface area contributed by atoms with E-state index in [4.69, 9.17) is 5.11 Å². The van der Waals surface area contributed by atoms with Crippen LogP contribution in [0.25, 0.3) is 5.57 Å². The molecule has 1 heterocycles. The Balaban J connectivity index is 2.86. The molecule has 3 heteroatoms. The summed E-state index contributed by atoms with van der Waals surface area (Å²) in [5.74, 6) is -0.898. The van der Waals surface area contributed by atoms with Crippen molar-refractivity contribution in [3.05, 3.63) is 47.8 Å². The molecule has 0 saturated carbocycles. The molecule has 3 nitrogen and oxygen atoms in total. The molecule has 0 amide bonds. The third-order valence-electron chi connectivity index (χ3n) is 2.04. The first kappa shape index (κ1) is 11.2. The Morgan fingerprint density at radius 2 is 2.13 bits per heavy atom. The molecule has 1 aromatic heterocycles. The summed E-state index contributed by atoms with van der Waals surface area (Å²) in [4.78, 5) is 14.5. The SMILES string of the molecule is C/C(=C\C=C(/C)c1cccnc1)C(=O)O. The Kier molecular flexibility index (Phi) is 3.80. The van der Waals surface area contributed by atoms with E-state index in [1.807, 2.05) is 19.1 Å². The van der Waals surface area contributed by atoms with Gasteiger partial charge in [-0.25, -0.2) is 4.79 Å². The molecule has 0 radical (unpaired) electrons. The number of rotatable bonds is 3. The highest BCUT2D eigenvalue weighted by atomic mass is 16.4. The fourth-order valence-electron chi connectivity index (χ4n) is 1.01. The molecule has 0 spiro atoms. The number of carboxylic acid groups (broad SMARTS) is 1. The largest absolute Gasteiger partial charge is 0.478 e. The monoisotopic (exact) mass is 203 g/mol. The second-order valence-electron chi connectivity index (χ2n) is 3.25. The highest BCUT2D eigenvalue weighted by Crippen LogP contribution is 2.11. The number of pyridine rings is 1. The van der Waals surface area contributed by atoms with E-state index in [1.54, 1.807) is 31.5 Å². The first-order valence-electron chi connectivity index (χ1n) is 4.60. The van der Waals surface area contributed by atoms with Crippen LogP contribution < -0.4 is 0 Å². The van der Waals surface area contributed by atoms with Crippen molar-refractivity contribution < 1.29 is 9.90 Å². The molecule has 1 N–H and O–H groups in total. The quantitative estimate of drug-likeness (QED) is 0.606. The van der Waals surface area contributed by atoms with Crippen LogP contribution in [0.15, 0.2) is 42.3 Å². The summed E-state index contributed by atoms with van der Waals surface area (Å²) in [7, 11) is 0. The first-order chi connectivity index (χ1) is 7.11. The molecule has 78 valence electrons. The van der Waals surface area contributed by atoms with Crippen molar-refractivity contribution in [2.75, 3.05) is 0 Å². The Morgan fingerprint density at radius 3 is 2.67 bits per heavy atom. The van der Waals surface area contributed by atoms with Gasteiger partial charge in [-0.05, 0) is 31.1 Å². The third kappa shape index (κ3) is 3.38. The maximum atomic E-state index is 10.5. The smallest absolute Gasteiger partial charge is 0.331 e. The first-order valence-corrected chi connectivity index (χ1v) is 4.60. The van der Waals surface area contributed by atoms with Crippen molar-refractivity contribution in [1.29, 1.82) is 0 Å².